The van der Waals surface area contributed by atoms with Crippen LogP contribution in [0.3, 0.4) is 0 Å². The summed E-state index contributed by atoms with van der Waals surface area (Å²) in [5.74, 6) is -0.722. The Hall–Kier alpha value is -1.60. The zero-order valence-electron chi connectivity index (χ0n) is 11.5. The molecular formula is C13H17ClN2O4S. The molecular weight excluding hydrogens is 316 g/mol. The number of hydrogen-bond donors (Lipinski definition) is 3. The number of benzene rings is 1. The molecule has 0 aliphatic heterocycles. The molecule has 0 saturated heterocycles. The molecule has 0 aliphatic carbocycles. The highest BCUT2D eigenvalue weighted by Gasteiger charge is 2.23. The summed E-state index contributed by atoms with van der Waals surface area (Å²) in [7, 11) is -0.914. The molecule has 0 heterocycles. The largest absolute Gasteiger partial charge is 0.479 e. The molecule has 21 heavy (non-hydrogen) atoms. The van der Waals surface area contributed by atoms with Crippen LogP contribution >= 0.6 is 11.6 Å². The van der Waals surface area contributed by atoms with Gasteiger partial charge in [-0.2, -0.15) is 0 Å². The highest BCUT2D eigenvalue weighted by atomic mass is 35.5. The molecule has 2 amide bonds. The summed E-state index contributed by atoms with van der Waals surface area (Å²) in [5.41, 5.74) is 0.316. The van der Waals surface area contributed by atoms with Gasteiger partial charge in [-0.3, -0.25) is 4.21 Å². The van der Waals surface area contributed by atoms with E-state index in [4.69, 9.17) is 11.6 Å². The number of carboxylic acid groups (broad SMARTS) is 1. The van der Waals surface area contributed by atoms with Crippen molar-refractivity contribution in [2.45, 2.75) is 12.5 Å². The standard InChI is InChI=1S/C13H17ClN2O4S/c1-21(20)8-4-7-15-13(19)16-11(12(17)18)9-5-2-3-6-10(9)14/h2-3,5-6,11H,4,7-8H2,1H3,(H,17,18)(H2,15,16,19)/t11-,21?/m1/s1. The number of amides is 2. The number of urea groups is 1. The molecule has 0 bridgehead atoms. The van der Waals surface area contributed by atoms with Gasteiger partial charge < -0.3 is 15.7 Å². The second kappa shape index (κ2) is 8.63. The number of halogens is 1. The van der Waals surface area contributed by atoms with Crippen molar-refractivity contribution in [2.75, 3.05) is 18.6 Å². The summed E-state index contributed by atoms with van der Waals surface area (Å²) < 4.78 is 10.9. The lowest BCUT2D eigenvalue weighted by Crippen LogP contribution is -2.41. The van der Waals surface area contributed by atoms with Crippen LogP contribution in [0.1, 0.15) is 18.0 Å². The van der Waals surface area contributed by atoms with Crippen molar-refractivity contribution in [1.82, 2.24) is 10.6 Å². The molecule has 1 rings (SSSR count). The van der Waals surface area contributed by atoms with Gasteiger partial charge in [0.05, 0.1) is 0 Å². The maximum atomic E-state index is 11.7. The lowest BCUT2D eigenvalue weighted by Gasteiger charge is -2.16. The molecule has 1 aromatic carbocycles. The quantitative estimate of drug-likeness (QED) is 0.660. The Kier molecular flexibility index (Phi) is 7.18. The Morgan fingerprint density at radius 2 is 2.05 bits per heavy atom. The fourth-order valence-corrected chi connectivity index (χ4v) is 2.44. The van der Waals surface area contributed by atoms with Crippen LogP contribution in [0.15, 0.2) is 24.3 Å². The molecule has 3 N–H and O–H groups in total. The average Bonchev–Trinajstić information content (AvgIpc) is 2.41. The fourth-order valence-electron chi connectivity index (χ4n) is 1.64. The minimum Gasteiger partial charge on any atom is -0.479 e. The van der Waals surface area contributed by atoms with Crippen LogP contribution in [0.25, 0.3) is 0 Å². The maximum absolute atomic E-state index is 11.7. The van der Waals surface area contributed by atoms with E-state index in [1.54, 1.807) is 30.5 Å². The molecule has 0 fully saturated rings. The zero-order valence-corrected chi connectivity index (χ0v) is 13.0. The van der Waals surface area contributed by atoms with Gasteiger partial charge in [0.2, 0.25) is 0 Å². The molecule has 0 saturated carbocycles. The first-order valence-corrected chi connectivity index (χ1v) is 8.34. The first-order chi connectivity index (χ1) is 9.91. The van der Waals surface area contributed by atoms with Crippen molar-refractivity contribution >= 4 is 34.4 Å². The minimum absolute atomic E-state index is 0.270. The molecule has 116 valence electrons. The van der Waals surface area contributed by atoms with Gasteiger partial charge in [0, 0.05) is 39.9 Å². The minimum atomic E-state index is -1.22. The van der Waals surface area contributed by atoms with E-state index < -0.39 is 28.8 Å². The molecule has 0 radical (unpaired) electrons. The van der Waals surface area contributed by atoms with Gasteiger partial charge in [0.25, 0.3) is 0 Å². The zero-order chi connectivity index (χ0) is 15.8. The van der Waals surface area contributed by atoms with Crippen molar-refractivity contribution in [1.29, 1.82) is 0 Å². The lowest BCUT2D eigenvalue weighted by atomic mass is 10.1. The third kappa shape index (κ3) is 6.14. The molecule has 0 aromatic heterocycles. The SMILES string of the molecule is CS(=O)CCCNC(=O)N[C@@H](C(=O)O)c1ccccc1Cl. The predicted molar refractivity (Wildman–Crippen MR) is 81.9 cm³/mol. The van der Waals surface area contributed by atoms with Crippen LogP contribution in [0.5, 0.6) is 0 Å². The summed E-state index contributed by atoms with van der Waals surface area (Å²) >= 11 is 5.94. The van der Waals surface area contributed by atoms with Crippen LogP contribution in [0.4, 0.5) is 4.79 Å². The van der Waals surface area contributed by atoms with Crippen molar-refractivity contribution in [3.05, 3.63) is 34.9 Å². The Morgan fingerprint density at radius 1 is 1.38 bits per heavy atom. The fraction of sp³-hybridized carbons (Fsp3) is 0.385. The van der Waals surface area contributed by atoms with Crippen LogP contribution < -0.4 is 10.6 Å². The Bertz CT molecular complexity index is 539. The van der Waals surface area contributed by atoms with Gasteiger partial charge in [0.15, 0.2) is 6.04 Å². The number of carboxylic acids is 1. The normalized spacial score (nSPS) is 13.2. The number of rotatable bonds is 7. The highest BCUT2D eigenvalue weighted by molar-refractivity contribution is 7.84. The first kappa shape index (κ1) is 17.5. The summed E-state index contributed by atoms with van der Waals surface area (Å²) in [6, 6.07) is 4.59. The predicted octanol–water partition coefficient (Wildman–Crippen LogP) is 1.53. The van der Waals surface area contributed by atoms with Crippen LogP contribution in [-0.2, 0) is 15.6 Å². The van der Waals surface area contributed by atoms with E-state index in [-0.39, 0.29) is 5.02 Å². The maximum Gasteiger partial charge on any atom is 0.331 e. The van der Waals surface area contributed by atoms with Gasteiger partial charge in [-0.1, -0.05) is 29.8 Å². The molecule has 0 spiro atoms. The lowest BCUT2D eigenvalue weighted by molar-refractivity contribution is -0.139. The van der Waals surface area contributed by atoms with Gasteiger partial charge >= 0.3 is 12.0 Å². The van der Waals surface area contributed by atoms with E-state index in [9.17, 15) is 18.9 Å². The molecule has 6 nitrogen and oxygen atoms in total. The van der Waals surface area contributed by atoms with E-state index in [0.717, 1.165) is 0 Å². The average molecular weight is 333 g/mol. The van der Waals surface area contributed by atoms with Gasteiger partial charge in [0.1, 0.15) is 0 Å². The monoisotopic (exact) mass is 332 g/mol. The van der Waals surface area contributed by atoms with E-state index in [2.05, 4.69) is 10.6 Å². The van der Waals surface area contributed by atoms with Crippen molar-refractivity contribution in [3.8, 4) is 0 Å². The smallest absolute Gasteiger partial charge is 0.331 e. The topological polar surface area (TPSA) is 95.5 Å². The first-order valence-electron chi connectivity index (χ1n) is 6.23. The molecule has 1 aromatic rings. The van der Waals surface area contributed by atoms with E-state index in [1.807, 2.05) is 0 Å². The molecule has 2 atom stereocenters. The number of carbonyl (C=O) groups is 2. The van der Waals surface area contributed by atoms with Gasteiger partial charge in [-0.15, -0.1) is 0 Å². The van der Waals surface area contributed by atoms with Crippen LogP contribution in [0, 0.1) is 0 Å². The molecule has 0 aliphatic rings. The summed E-state index contributed by atoms with van der Waals surface area (Å²) in [6.07, 6.45) is 2.14. The van der Waals surface area contributed by atoms with E-state index in [1.165, 1.54) is 0 Å². The van der Waals surface area contributed by atoms with Crippen molar-refractivity contribution < 1.29 is 18.9 Å². The van der Waals surface area contributed by atoms with Gasteiger partial charge in [-0.25, -0.2) is 9.59 Å². The number of carbonyl (C=O) groups excluding carboxylic acids is 1. The van der Waals surface area contributed by atoms with E-state index in [0.29, 0.717) is 24.3 Å². The second-order valence-corrected chi connectivity index (χ2v) is 6.29. The number of hydrogen-bond acceptors (Lipinski definition) is 3. The third-order valence-corrected chi connectivity index (χ3v) is 3.84. The molecule has 1 unspecified atom stereocenters. The summed E-state index contributed by atoms with van der Waals surface area (Å²) in [6.45, 7) is 0.320. The second-order valence-electron chi connectivity index (χ2n) is 4.32. The van der Waals surface area contributed by atoms with Crippen molar-refractivity contribution in [3.63, 3.8) is 0 Å². The van der Waals surface area contributed by atoms with Crippen LogP contribution in [0.2, 0.25) is 5.02 Å². The van der Waals surface area contributed by atoms with Crippen LogP contribution in [-0.4, -0.2) is 39.9 Å². The number of nitrogens with one attached hydrogen (secondary N) is 2. The Morgan fingerprint density at radius 3 is 2.62 bits per heavy atom. The number of aliphatic carboxylic acids is 1. The third-order valence-electron chi connectivity index (χ3n) is 2.63. The Labute approximate surface area is 130 Å². The van der Waals surface area contributed by atoms with Gasteiger partial charge in [-0.05, 0) is 12.5 Å². The summed E-state index contributed by atoms with van der Waals surface area (Å²) in [5, 5.41) is 14.3. The summed E-state index contributed by atoms with van der Waals surface area (Å²) in [4.78, 5) is 22.9. The van der Waals surface area contributed by atoms with E-state index >= 15 is 0 Å². The van der Waals surface area contributed by atoms with Crippen molar-refractivity contribution in [2.24, 2.45) is 0 Å². The highest BCUT2D eigenvalue weighted by Crippen LogP contribution is 2.22. The molecule has 8 heteroatoms. The Balaban J connectivity index is 2.59.